The average molecular weight is 446 g/mol. The Balaban J connectivity index is 0.000000339. The van der Waals surface area contributed by atoms with Crippen LogP contribution in [0.4, 0.5) is 17.6 Å². The van der Waals surface area contributed by atoms with Crippen LogP contribution < -0.4 is 0 Å². The van der Waals surface area contributed by atoms with E-state index in [1.165, 1.54) is 25.0 Å². The molecule has 3 aliphatic rings. The lowest BCUT2D eigenvalue weighted by Crippen LogP contribution is -2.53. The van der Waals surface area contributed by atoms with Crippen LogP contribution in [0.25, 0.3) is 0 Å². The molecule has 10 heteroatoms. The molecule has 6 nitrogen and oxygen atoms in total. The maximum absolute atomic E-state index is 13.5. The number of benzene rings is 1. The van der Waals surface area contributed by atoms with Crippen LogP contribution in [0, 0.1) is 17.7 Å². The van der Waals surface area contributed by atoms with Gasteiger partial charge in [0.05, 0.1) is 12.1 Å². The van der Waals surface area contributed by atoms with Crippen molar-refractivity contribution < 1.29 is 37.0 Å². The topological polar surface area (TPSA) is 70.1 Å². The summed E-state index contributed by atoms with van der Waals surface area (Å²) in [5, 5.41) is 7.12. The van der Waals surface area contributed by atoms with Crippen molar-refractivity contribution in [2.75, 3.05) is 33.3 Å². The van der Waals surface area contributed by atoms with Gasteiger partial charge in [0.2, 0.25) is 0 Å². The van der Waals surface area contributed by atoms with Crippen molar-refractivity contribution in [1.29, 1.82) is 0 Å². The zero-order valence-corrected chi connectivity index (χ0v) is 17.1. The number of halogens is 4. The van der Waals surface area contributed by atoms with Gasteiger partial charge < -0.3 is 19.6 Å². The molecule has 31 heavy (non-hydrogen) atoms. The summed E-state index contributed by atoms with van der Waals surface area (Å²) < 4.78 is 50.9. The normalized spacial score (nSPS) is 26.1. The Bertz CT molecular complexity index is 800. The van der Waals surface area contributed by atoms with E-state index in [9.17, 15) is 22.4 Å². The molecule has 1 amide bonds. The van der Waals surface area contributed by atoms with Crippen LogP contribution in [-0.2, 0) is 9.53 Å². The van der Waals surface area contributed by atoms with Gasteiger partial charge in [0.1, 0.15) is 5.82 Å². The molecule has 0 bridgehead atoms. The third-order valence-electron chi connectivity index (χ3n) is 6.03. The summed E-state index contributed by atoms with van der Waals surface area (Å²) in [6.45, 7) is 3.76. The van der Waals surface area contributed by atoms with Crippen molar-refractivity contribution in [1.82, 2.24) is 9.80 Å². The highest BCUT2D eigenvalue weighted by atomic mass is 19.4. The molecule has 0 unspecified atom stereocenters. The number of likely N-dealkylation sites (tertiary alicyclic amines) is 2. The first-order valence-corrected chi connectivity index (χ1v) is 10.2. The van der Waals surface area contributed by atoms with E-state index >= 15 is 0 Å². The van der Waals surface area contributed by atoms with Crippen molar-refractivity contribution >= 4 is 11.9 Å². The molecule has 4 rings (SSSR count). The molecule has 2 aliphatic heterocycles. The van der Waals surface area contributed by atoms with Crippen molar-refractivity contribution in [3.05, 3.63) is 35.6 Å². The summed E-state index contributed by atoms with van der Waals surface area (Å²) in [5.41, 5.74) is 0.449. The maximum atomic E-state index is 13.5. The lowest BCUT2D eigenvalue weighted by Gasteiger charge is -2.41. The number of carbonyl (C=O) groups is 2. The van der Waals surface area contributed by atoms with Crippen molar-refractivity contribution in [3.63, 3.8) is 0 Å². The van der Waals surface area contributed by atoms with Gasteiger partial charge in [-0.3, -0.25) is 4.79 Å². The van der Waals surface area contributed by atoms with Gasteiger partial charge in [-0.1, -0.05) is 6.07 Å². The quantitative estimate of drug-likeness (QED) is 0.721. The number of ether oxygens (including phenoxy) is 1. The molecule has 0 aromatic heterocycles. The first-order chi connectivity index (χ1) is 14.6. The first kappa shape index (κ1) is 23.5. The Hall–Kier alpha value is -2.20. The third kappa shape index (κ3) is 5.94. The molecule has 3 fully saturated rings. The number of nitrogens with zero attached hydrogens (tertiary/aromatic N) is 2. The molecular weight excluding hydrogens is 420 g/mol. The molecule has 0 radical (unpaired) electrons. The Kier molecular flexibility index (Phi) is 7.20. The second kappa shape index (κ2) is 9.52. The molecule has 1 N–H and O–H groups in total. The van der Waals surface area contributed by atoms with E-state index in [0.29, 0.717) is 18.0 Å². The van der Waals surface area contributed by atoms with Gasteiger partial charge in [-0.05, 0) is 43.4 Å². The van der Waals surface area contributed by atoms with Crippen molar-refractivity contribution in [2.45, 2.75) is 37.6 Å². The van der Waals surface area contributed by atoms with E-state index in [-0.39, 0.29) is 23.9 Å². The van der Waals surface area contributed by atoms with Gasteiger partial charge in [0.15, 0.2) is 0 Å². The van der Waals surface area contributed by atoms with Crippen LogP contribution >= 0.6 is 0 Å². The van der Waals surface area contributed by atoms with Crippen molar-refractivity contribution in [2.24, 2.45) is 11.8 Å². The fourth-order valence-corrected chi connectivity index (χ4v) is 4.38. The van der Waals surface area contributed by atoms with Crippen LogP contribution in [0.5, 0.6) is 0 Å². The Morgan fingerprint density at radius 1 is 1.19 bits per heavy atom. The zero-order chi connectivity index (χ0) is 22.8. The summed E-state index contributed by atoms with van der Waals surface area (Å²) in [7, 11) is 1.77. The predicted octanol–water partition coefficient (Wildman–Crippen LogP) is 3.03. The van der Waals surface area contributed by atoms with E-state index < -0.39 is 12.1 Å². The summed E-state index contributed by atoms with van der Waals surface area (Å²) >= 11 is 0. The number of rotatable bonds is 4. The largest absolute Gasteiger partial charge is 0.490 e. The number of piperidine rings is 1. The van der Waals surface area contributed by atoms with Crippen LogP contribution in [0.1, 0.15) is 29.6 Å². The Labute approximate surface area is 177 Å². The lowest BCUT2D eigenvalue weighted by atomic mass is 9.88. The number of hydrogen-bond donors (Lipinski definition) is 1. The predicted molar refractivity (Wildman–Crippen MR) is 103 cm³/mol. The maximum Gasteiger partial charge on any atom is 0.490 e. The molecule has 2 heterocycles. The molecule has 3 atom stereocenters. The fraction of sp³-hybridized carbons (Fsp3) is 0.619. The number of methoxy groups -OCH3 is 1. The highest BCUT2D eigenvalue weighted by Gasteiger charge is 2.46. The molecule has 0 spiro atoms. The number of aliphatic carboxylic acids is 1. The third-order valence-corrected chi connectivity index (χ3v) is 6.03. The van der Waals surface area contributed by atoms with E-state index in [4.69, 9.17) is 14.6 Å². The molecular formula is C21H26F4N2O4. The van der Waals surface area contributed by atoms with Gasteiger partial charge >= 0.3 is 12.1 Å². The molecule has 1 aliphatic carbocycles. The summed E-state index contributed by atoms with van der Waals surface area (Å²) in [5.74, 6) is -1.95. The number of carbonyl (C=O) groups excluding carboxylic acids is 1. The SMILES string of the molecule is CO[C@@H]1CCN(C(=O)c2cccc(F)c2)[C@@H]2CN(CC3CC3)C[C@@H]21.O=C(O)C(F)(F)F. The fourth-order valence-electron chi connectivity index (χ4n) is 4.38. The number of alkyl halides is 3. The Morgan fingerprint density at radius 2 is 1.87 bits per heavy atom. The first-order valence-electron chi connectivity index (χ1n) is 10.2. The van der Waals surface area contributed by atoms with E-state index in [1.54, 1.807) is 19.2 Å². The molecule has 2 saturated heterocycles. The minimum Gasteiger partial charge on any atom is -0.475 e. The van der Waals surface area contributed by atoms with Gasteiger partial charge in [0, 0.05) is 44.8 Å². The van der Waals surface area contributed by atoms with Crippen LogP contribution in [0.15, 0.2) is 24.3 Å². The highest BCUT2D eigenvalue weighted by Crippen LogP contribution is 2.36. The monoisotopic (exact) mass is 446 g/mol. The Morgan fingerprint density at radius 3 is 2.42 bits per heavy atom. The number of carboxylic acid groups (broad SMARTS) is 1. The van der Waals surface area contributed by atoms with Crippen LogP contribution in [0.3, 0.4) is 0 Å². The average Bonchev–Trinajstić information content (AvgIpc) is 3.42. The summed E-state index contributed by atoms with van der Waals surface area (Å²) in [6, 6.07) is 6.22. The minimum absolute atomic E-state index is 0.0488. The zero-order valence-electron chi connectivity index (χ0n) is 17.1. The second-order valence-electron chi connectivity index (χ2n) is 8.27. The highest BCUT2D eigenvalue weighted by molar-refractivity contribution is 5.94. The summed E-state index contributed by atoms with van der Waals surface area (Å²) in [6.07, 6.45) is -1.33. The standard InChI is InChI=1S/C19H25FN2O2.C2HF3O2/c1-24-18-7-8-22(19(23)14-3-2-4-15(20)9-14)17-12-21(11-16(17)18)10-13-5-6-13;3-2(4,5)1(6)7/h2-4,9,13,16-18H,5-8,10-12H2,1H3;(H,6,7)/t16-,17+,18+;/m0./s1. The van der Waals surface area contributed by atoms with Crippen molar-refractivity contribution in [3.8, 4) is 0 Å². The molecule has 1 saturated carbocycles. The van der Waals surface area contributed by atoms with Gasteiger partial charge in [-0.15, -0.1) is 0 Å². The van der Waals surface area contributed by atoms with Gasteiger partial charge in [0.25, 0.3) is 5.91 Å². The smallest absolute Gasteiger partial charge is 0.475 e. The van der Waals surface area contributed by atoms with Gasteiger partial charge in [-0.2, -0.15) is 13.2 Å². The number of amides is 1. The number of fused-ring (bicyclic) bond motifs is 1. The van der Waals surface area contributed by atoms with E-state index in [0.717, 1.165) is 32.0 Å². The van der Waals surface area contributed by atoms with Crippen LogP contribution in [0.2, 0.25) is 0 Å². The number of hydrogen-bond acceptors (Lipinski definition) is 4. The lowest BCUT2D eigenvalue weighted by molar-refractivity contribution is -0.192. The van der Waals surface area contributed by atoms with Crippen LogP contribution in [-0.4, -0.2) is 78.4 Å². The molecule has 1 aromatic carbocycles. The summed E-state index contributed by atoms with van der Waals surface area (Å²) in [4.78, 5) is 26.3. The number of carboxylic acids is 1. The van der Waals surface area contributed by atoms with Gasteiger partial charge in [-0.25, -0.2) is 9.18 Å². The molecule has 1 aromatic rings. The van der Waals surface area contributed by atoms with E-state index in [1.807, 2.05) is 4.90 Å². The molecule has 172 valence electrons. The second-order valence-corrected chi connectivity index (χ2v) is 8.27. The minimum atomic E-state index is -5.08. The van der Waals surface area contributed by atoms with E-state index in [2.05, 4.69) is 4.90 Å².